The largest absolute Gasteiger partial charge is 0.492 e. The van der Waals surface area contributed by atoms with E-state index in [2.05, 4.69) is 32.6 Å². The first kappa shape index (κ1) is 18.7. The van der Waals surface area contributed by atoms with Crippen LogP contribution < -0.4 is 15.0 Å². The summed E-state index contributed by atoms with van der Waals surface area (Å²) in [6, 6.07) is 3.56. The molecule has 0 unspecified atom stereocenters. The highest BCUT2D eigenvalue weighted by molar-refractivity contribution is 14.1. The van der Waals surface area contributed by atoms with Crippen LogP contribution in [-0.4, -0.2) is 33.7 Å². The van der Waals surface area contributed by atoms with Gasteiger partial charge < -0.3 is 19.6 Å². The van der Waals surface area contributed by atoms with Gasteiger partial charge in [0.1, 0.15) is 5.82 Å². The zero-order chi connectivity index (χ0) is 18.6. The van der Waals surface area contributed by atoms with E-state index in [1.54, 1.807) is 19.3 Å². The van der Waals surface area contributed by atoms with E-state index < -0.39 is 22.0 Å². The second-order valence-corrected chi connectivity index (χ2v) is 5.84. The van der Waals surface area contributed by atoms with Gasteiger partial charge in [-0.3, -0.25) is 14.9 Å². The summed E-state index contributed by atoms with van der Waals surface area (Å²) in [5.41, 5.74) is -1.29. The molecule has 1 aromatic carbocycles. The number of rotatable bonds is 6. The molecule has 0 radical (unpaired) electrons. The van der Waals surface area contributed by atoms with Gasteiger partial charge in [-0.05, 0) is 53.3 Å². The number of aromatic hydroxyl groups is 1. The van der Waals surface area contributed by atoms with Crippen LogP contribution in [0.4, 0.5) is 5.69 Å². The van der Waals surface area contributed by atoms with Gasteiger partial charge >= 0.3 is 11.2 Å². The summed E-state index contributed by atoms with van der Waals surface area (Å²) in [4.78, 5) is 27.1. The van der Waals surface area contributed by atoms with Crippen LogP contribution in [-0.2, 0) is 0 Å². The summed E-state index contributed by atoms with van der Waals surface area (Å²) >= 11 is 2.10. The lowest BCUT2D eigenvalue weighted by atomic mass is 10.2. The monoisotopic (exact) mass is 459 g/mol. The first-order valence-corrected chi connectivity index (χ1v) is 8.11. The number of ether oxygens (including phenoxy) is 2. The van der Waals surface area contributed by atoms with E-state index in [0.717, 1.165) is 9.13 Å². The minimum Gasteiger partial charge on any atom is -0.492 e. The first-order chi connectivity index (χ1) is 11.9. The highest BCUT2D eigenvalue weighted by Crippen LogP contribution is 2.34. The van der Waals surface area contributed by atoms with Crippen molar-refractivity contribution in [2.75, 3.05) is 13.7 Å². The molecule has 0 amide bonds. The molecule has 2 aromatic rings. The van der Waals surface area contributed by atoms with Crippen molar-refractivity contribution in [1.82, 2.24) is 9.97 Å². The maximum atomic E-state index is 11.6. The molecule has 0 saturated heterocycles. The maximum absolute atomic E-state index is 11.6. The number of nitrogens with zero attached hydrogens (tertiary/aromatic N) is 2. The Balaban J connectivity index is 2.40. The zero-order valence-corrected chi connectivity index (χ0v) is 15.4. The third-order valence-electron chi connectivity index (χ3n) is 3.05. The second kappa shape index (κ2) is 7.96. The summed E-state index contributed by atoms with van der Waals surface area (Å²) in [5.74, 6) is 0.216. The van der Waals surface area contributed by atoms with Crippen LogP contribution in [0.15, 0.2) is 16.9 Å². The molecule has 0 aliphatic carbocycles. The Hall–Kier alpha value is -2.63. The van der Waals surface area contributed by atoms with Crippen molar-refractivity contribution in [3.8, 4) is 17.4 Å². The van der Waals surface area contributed by atoms with Crippen molar-refractivity contribution in [2.24, 2.45) is 0 Å². The number of aromatic amines is 1. The lowest BCUT2D eigenvalue weighted by Gasteiger charge is -2.12. The SMILES string of the molecule is CCOc1cc(C=Cc2nc(O)c([N+](=O)[O-])c(=O)[nH]2)cc(I)c1OC. The van der Waals surface area contributed by atoms with Gasteiger partial charge in [0.05, 0.1) is 22.2 Å². The predicted octanol–water partition coefficient (Wildman–Crippen LogP) is 2.57. The van der Waals surface area contributed by atoms with Crippen molar-refractivity contribution in [1.29, 1.82) is 0 Å². The minimum atomic E-state index is -1.03. The van der Waals surface area contributed by atoms with Gasteiger partial charge in [0.25, 0.3) is 5.88 Å². The standard InChI is InChI=1S/C15H14IN3O6/c1-3-25-10-7-8(6-9(16)13(10)24-2)4-5-11-17-14(20)12(19(22)23)15(21)18-11/h4-7H,3H2,1-2H3,(H2,17,18,20,21). The molecule has 1 aromatic heterocycles. The zero-order valence-electron chi connectivity index (χ0n) is 13.3. The van der Waals surface area contributed by atoms with Crippen molar-refractivity contribution >= 4 is 40.4 Å². The molecule has 10 heteroatoms. The van der Waals surface area contributed by atoms with Crippen LogP contribution in [0.5, 0.6) is 17.4 Å². The fourth-order valence-electron chi connectivity index (χ4n) is 2.04. The van der Waals surface area contributed by atoms with Crippen molar-refractivity contribution in [3.63, 3.8) is 0 Å². The van der Waals surface area contributed by atoms with Crippen LogP contribution in [0.25, 0.3) is 12.2 Å². The molecular weight excluding hydrogens is 445 g/mol. The maximum Gasteiger partial charge on any atom is 0.395 e. The number of aromatic nitrogens is 2. The van der Waals surface area contributed by atoms with E-state index in [1.165, 1.54) is 6.08 Å². The second-order valence-electron chi connectivity index (χ2n) is 4.68. The summed E-state index contributed by atoms with van der Waals surface area (Å²) in [5, 5.41) is 20.2. The van der Waals surface area contributed by atoms with Gasteiger partial charge in [-0.15, -0.1) is 0 Å². The lowest BCUT2D eigenvalue weighted by Crippen LogP contribution is -2.14. The van der Waals surface area contributed by atoms with Crippen LogP contribution in [0.1, 0.15) is 18.3 Å². The molecule has 1 heterocycles. The molecule has 132 valence electrons. The topological polar surface area (TPSA) is 128 Å². The molecule has 0 fully saturated rings. The Bertz CT molecular complexity index is 894. The van der Waals surface area contributed by atoms with E-state index in [1.807, 2.05) is 13.0 Å². The van der Waals surface area contributed by atoms with Crippen LogP contribution in [0, 0.1) is 13.7 Å². The van der Waals surface area contributed by atoms with Gasteiger partial charge in [0.15, 0.2) is 11.5 Å². The Morgan fingerprint density at radius 2 is 2.16 bits per heavy atom. The third-order valence-corrected chi connectivity index (χ3v) is 3.85. The number of hydrogen-bond acceptors (Lipinski definition) is 7. The van der Waals surface area contributed by atoms with E-state index in [4.69, 9.17) is 9.47 Å². The lowest BCUT2D eigenvalue weighted by molar-refractivity contribution is -0.387. The molecule has 2 rings (SSSR count). The first-order valence-electron chi connectivity index (χ1n) is 7.03. The summed E-state index contributed by atoms with van der Waals surface area (Å²) in [6.45, 7) is 2.31. The molecule has 25 heavy (non-hydrogen) atoms. The van der Waals surface area contributed by atoms with Gasteiger partial charge in [-0.2, -0.15) is 4.98 Å². The normalized spacial score (nSPS) is 10.8. The highest BCUT2D eigenvalue weighted by atomic mass is 127. The van der Waals surface area contributed by atoms with Crippen molar-refractivity contribution in [3.05, 3.63) is 47.6 Å². The Morgan fingerprint density at radius 3 is 2.72 bits per heavy atom. The smallest absolute Gasteiger partial charge is 0.395 e. The predicted molar refractivity (Wildman–Crippen MR) is 99.0 cm³/mol. The van der Waals surface area contributed by atoms with Gasteiger partial charge in [0.2, 0.25) is 0 Å². The molecular formula is C15H14IN3O6. The Labute approximate surface area is 155 Å². The summed E-state index contributed by atoms with van der Waals surface area (Å²) in [6.07, 6.45) is 3.03. The van der Waals surface area contributed by atoms with Crippen LogP contribution in [0.2, 0.25) is 0 Å². The van der Waals surface area contributed by atoms with Gasteiger partial charge in [0, 0.05) is 0 Å². The molecule has 9 nitrogen and oxygen atoms in total. The number of methoxy groups -OCH3 is 1. The van der Waals surface area contributed by atoms with Crippen molar-refractivity contribution in [2.45, 2.75) is 6.92 Å². The van der Waals surface area contributed by atoms with Crippen molar-refractivity contribution < 1.29 is 19.5 Å². The van der Waals surface area contributed by atoms with E-state index in [9.17, 15) is 20.0 Å². The van der Waals surface area contributed by atoms with E-state index in [-0.39, 0.29) is 5.82 Å². The van der Waals surface area contributed by atoms with Gasteiger partial charge in [-0.25, -0.2) is 0 Å². The van der Waals surface area contributed by atoms with Crippen LogP contribution >= 0.6 is 22.6 Å². The number of nitrogens with one attached hydrogen (secondary N) is 1. The number of H-pyrrole nitrogens is 1. The Morgan fingerprint density at radius 1 is 1.44 bits per heavy atom. The van der Waals surface area contributed by atoms with E-state index >= 15 is 0 Å². The Kier molecular flexibility index (Phi) is 5.96. The van der Waals surface area contributed by atoms with E-state index in [0.29, 0.717) is 18.1 Å². The molecule has 0 spiro atoms. The summed E-state index contributed by atoms with van der Waals surface area (Å²) in [7, 11) is 1.55. The third kappa shape index (κ3) is 4.26. The molecule has 0 aliphatic heterocycles. The fraction of sp³-hybridized carbons (Fsp3) is 0.200. The average Bonchev–Trinajstić information content (AvgIpc) is 2.52. The number of hydrogen-bond donors (Lipinski definition) is 2. The number of benzene rings is 1. The highest BCUT2D eigenvalue weighted by Gasteiger charge is 2.21. The molecule has 0 aliphatic rings. The molecule has 0 bridgehead atoms. The summed E-state index contributed by atoms with van der Waals surface area (Å²) < 4.78 is 11.6. The fourth-order valence-corrected chi connectivity index (χ4v) is 2.88. The molecule has 0 atom stereocenters. The van der Waals surface area contributed by atoms with Gasteiger partial charge in [-0.1, -0.05) is 6.08 Å². The molecule has 0 saturated carbocycles. The minimum absolute atomic E-state index is 0.0168. The average molecular weight is 459 g/mol. The van der Waals surface area contributed by atoms with Crippen LogP contribution in [0.3, 0.4) is 0 Å². The number of halogens is 1. The number of nitro groups is 1. The quantitative estimate of drug-likeness (QED) is 0.386. The molecule has 2 N–H and O–H groups in total.